The van der Waals surface area contributed by atoms with E-state index in [1.54, 1.807) is 5.48 Å². The number of piperidine rings is 2. The highest BCUT2D eigenvalue weighted by Crippen LogP contribution is 2.52. The van der Waals surface area contributed by atoms with Crippen LogP contribution in [0, 0.1) is 11.3 Å². The van der Waals surface area contributed by atoms with Gasteiger partial charge >= 0.3 is 0 Å². The van der Waals surface area contributed by atoms with Gasteiger partial charge in [-0.05, 0) is 49.0 Å². The summed E-state index contributed by atoms with van der Waals surface area (Å²) in [6.07, 6.45) is 4.89. The average molecular weight is 357 g/mol. The molecule has 3 fully saturated rings. The van der Waals surface area contributed by atoms with Gasteiger partial charge in [0.1, 0.15) is 6.04 Å². The molecule has 0 unspecified atom stereocenters. The van der Waals surface area contributed by atoms with Gasteiger partial charge in [0.25, 0.3) is 5.91 Å². The summed E-state index contributed by atoms with van der Waals surface area (Å²) in [5.41, 5.74) is 3.26. The van der Waals surface area contributed by atoms with E-state index in [2.05, 4.69) is 29.6 Å². The second-order valence-electron chi connectivity index (χ2n) is 8.16. The number of nitrogens with zero attached hydrogens (tertiary/aromatic N) is 1. The van der Waals surface area contributed by atoms with E-state index in [-0.39, 0.29) is 17.2 Å². The molecule has 2 atom stereocenters. The van der Waals surface area contributed by atoms with Crippen LogP contribution in [-0.2, 0) is 9.59 Å². The summed E-state index contributed by atoms with van der Waals surface area (Å²) >= 11 is 0. The number of benzene rings is 1. The summed E-state index contributed by atoms with van der Waals surface area (Å²) in [5, 5.41) is 12.2. The van der Waals surface area contributed by atoms with E-state index in [9.17, 15) is 9.59 Å². The van der Waals surface area contributed by atoms with Crippen molar-refractivity contribution in [2.45, 2.75) is 44.1 Å². The molecule has 1 saturated carbocycles. The van der Waals surface area contributed by atoms with Crippen LogP contribution in [0.5, 0.6) is 0 Å². The number of likely N-dealkylation sites (tertiary alicyclic amines) is 1. The Kier molecular flexibility index (Phi) is 4.71. The number of rotatable bonds is 3. The largest absolute Gasteiger partial charge is 0.342 e. The Hall–Kier alpha value is -1.92. The van der Waals surface area contributed by atoms with E-state index in [1.807, 2.05) is 11.0 Å². The van der Waals surface area contributed by atoms with Crippen molar-refractivity contribution in [1.82, 2.24) is 15.7 Å². The molecule has 4 rings (SSSR count). The molecular formula is C20H27N3O3. The zero-order valence-electron chi connectivity index (χ0n) is 15.0. The molecule has 2 saturated heterocycles. The highest BCUT2D eigenvalue weighted by atomic mass is 16.5. The van der Waals surface area contributed by atoms with Crippen LogP contribution < -0.4 is 10.8 Å². The standard InChI is InChI=1S/C20H27N3O3/c24-18(22-26)17-16(12-20(8-9-20)13-21-17)19(25)23-10-6-15(7-11-23)14-4-2-1-3-5-14/h1-5,15-17,21,26H,6-13H2,(H,22,24)/t16-,17-/m0/s1. The van der Waals surface area contributed by atoms with E-state index in [0.717, 1.165) is 51.7 Å². The first-order valence-corrected chi connectivity index (χ1v) is 9.63. The van der Waals surface area contributed by atoms with Gasteiger partial charge in [-0.2, -0.15) is 0 Å². The summed E-state index contributed by atoms with van der Waals surface area (Å²) < 4.78 is 0. The van der Waals surface area contributed by atoms with Gasteiger partial charge in [-0.15, -0.1) is 0 Å². The van der Waals surface area contributed by atoms with Crippen molar-refractivity contribution < 1.29 is 14.8 Å². The lowest BCUT2D eigenvalue weighted by atomic mass is 9.80. The first-order valence-electron chi connectivity index (χ1n) is 9.63. The van der Waals surface area contributed by atoms with Gasteiger partial charge in [-0.1, -0.05) is 30.3 Å². The fourth-order valence-electron chi connectivity index (χ4n) is 4.65. The van der Waals surface area contributed by atoms with Crippen molar-refractivity contribution in [2.24, 2.45) is 11.3 Å². The van der Waals surface area contributed by atoms with Crippen LogP contribution in [-0.4, -0.2) is 47.6 Å². The molecule has 2 heterocycles. The van der Waals surface area contributed by atoms with Crippen LogP contribution in [0.15, 0.2) is 30.3 Å². The zero-order valence-corrected chi connectivity index (χ0v) is 15.0. The third kappa shape index (κ3) is 3.35. The van der Waals surface area contributed by atoms with E-state index in [4.69, 9.17) is 5.21 Å². The van der Waals surface area contributed by atoms with Crippen molar-refractivity contribution in [2.75, 3.05) is 19.6 Å². The summed E-state index contributed by atoms with van der Waals surface area (Å²) in [7, 11) is 0. The molecular weight excluding hydrogens is 330 g/mol. The molecule has 2 amide bonds. The molecule has 1 spiro atoms. The van der Waals surface area contributed by atoms with E-state index < -0.39 is 11.9 Å². The summed E-state index contributed by atoms with van der Waals surface area (Å²) in [6, 6.07) is 9.84. The van der Waals surface area contributed by atoms with Crippen LogP contribution in [0.3, 0.4) is 0 Å². The Labute approximate surface area is 153 Å². The average Bonchev–Trinajstić information content (AvgIpc) is 3.46. The van der Waals surface area contributed by atoms with Crippen LogP contribution in [0.25, 0.3) is 0 Å². The topological polar surface area (TPSA) is 81.7 Å². The molecule has 3 N–H and O–H groups in total. The molecule has 140 valence electrons. The van der Waals surface area contributed by atoms with Crippen LogP contribution in [0.4, 0.5) is 0 Å². The van der Waals surface area contributed by atoms with E-state index >= 15 is 0 Å². The SMILES string of the molecule is O=C(NO)[C@H]1NCC2(CC2)C[C@@H]1C(=O)N1CCC(c2ccccc2)CC1. The molecule has 6 nitrogen and oxygen atoms in total. The first kappa shape index (κ1) is 17.5. The number of carbonyl (C=O) groups is 2. The Balaban J connectivity index is 1.42. The first-order chi connectivity index (χ1) is 12.6. The highest BCUT2D eigenvalue weighted by molar-refractivity contribution is 5.90. The zero-order chi connectivity index (χ0) is 18.1. The predicted octanol–water partition coefficient (Wildman–Crippen LogP) is 1.66. The molecule has 1 aliphatic carbocycles. The third-order valence-electron chi connectivity index (χ3n) is 6.50. The van der Waals surface area contributed by atoms with Gasteiger partial charge in [0, 0.05) is 19.6 Å². The van der Waals surface area contributed by atoms with Gasteiger partial charge in [0.2, 0.25) is 5.91 Å². The lowest BCUT2D eigenvalue weighted by molar-refractivity contribution is -0.145. The number of hydrogen-bond donors (Lipinski definition) is 3. The minimum Gasteiger partial charge on any atom is -0.342 e. The van der Waals surface area contributed by atoms with Crippen LogP contribution in [0.2, 0.25) is 0 Å². The molecule has 3 aliphatic rings. The maximum Gasteiger partial charge on any atom is 0.261 e. The van der Waals surface area contributed by atoms with Crippen molar-refractivity contribution in [1.29, 1.82) is 0 Å². The lowest BCUT2D eigenvalue weighted by Gasteiger charge is -2.40. The second kappa shape index (κ2) is 7.00. The van der Waals surface area contributed by atoms with Gasteiger partial charge in [0.15, 0.2) is 0 Å². The van der Waals surface area contributed by atoms with Crippen molar-refractivity contribution in [3.05, 3.63) is 35.9 Å². The third-order valence-corrected chi connectivity index (χ3v) is 6.50. The van der Waals surface area contributed by atoms with Gasteiger partial charge in [-0.3, -0.25) is 14.8 Å². The molecule has 6 heteroatoms. The molecule has 0 radical (unpaired) electrons. The minimum absolute atomic E-state index is 0.0589. The van der Waals surface area contributed by atoms with Crippen molar-refractivity contribution in [3.8, 4) is 0 Å². The molecule has 26 heavy (non-hydrogen) atoms. The van der Waals surface area contributed by atoms with Gasteiger partial charge in [0.05, 0.1) is 5.92 Å². The highest BCUT2D eigenvalue weighted by Gasteiger charge is 2.52. The summed E-state index contributed by atoms with van der Waals surface area (Å²) in [6.45, 7) is 2.22. The normalized spacial score (nSPS) is 28.0. The van der Waals surface area contributed by atoms with Crippen molar-refractivity contribution >= 4 is 11.8 Å². The number of amides is 2. The van der Waals surface area contributed by atoms with Gasteiger partial charge in [-0.25, -0.2) is 5.48 Å². The fraction of sp³-hybridized carbons (Fsp3) is 0.600. The second-order valence-corrected chi connectivity index (χ2v) is 8.16. The maximum absolute atomic E-state index is 13.2. The molecule has 0 bridgehead atoms. The monoisotopic (exact) mass is 357 g/mol. The lowest BCUT2D eigenvalue weighted by Crippen LogP contribution is -2.59. The number of carbonyl (C=O) groups excluding carboxylic acids is 2. The van der Waals surface area contributed by atoms with Crippen molar-refractivity contribution in [3.63, 3.8) is 0 Å². The smallest absolute Gasteiger partial charge is 0.261 e. The number of hydrogen-bond acceptors (Lipinski definition) is 4. The maximum atomic E-state index is 13.2. The van der Waals surface area contributed by atoms with Gasteiger partial charge < -0.3 is 10.2 Å². The Bertz CT molecular complexity index is 666. The number of nitrogens with one attached hydrogen (secondary N) is 2. The van der Waals surface area contributed by atoms with E-state index in [1.165, 1.54) is 5.56 Å². The Morgan fingerprint density at radius 1 is 1.15 bits per heavy atom. The predicted molar refractivity (Wildman–Crippen MR) is 96.5 cm³/mol. The molecule has 2 aliphatic heterocycles. The Morgan fingerprint density at radius 2 is 1.85 bits per heavy atom. The fourth-order valence-corrected chi connectivity index (χ4v) is 4.65. The van der Waals surface area contributed by atoms with E-state index in [0.29, 0.717) is 5.92 Å². The molecule has 1 aromatic carbocycles. The Morgan fingerprint density at radius 3 is 2.46 bits per heavy atom. The van der Waals surface area contributed by atoms with Crippen LogP contribution in [0.1, 0.15) is 43.6 Å². The van der Waals surface area contributed by atoms with Crippen LogP contribution >= 0.6 is 0 Å². The quantitative estimate of drug-likeness (QED) is 0.568. The molecule has 1 aromatic rings. The number of hydroxylamine groups is 1. The minimum atomic E-state index is -0.634. The molecule has 0 aromatic heterocycles. The summed E-state index contributed by atoms with van der Waals surface area (Å²) in [5.74, 6) is -0.329. The summed E-state index contributed by atoms with van der Waals surface area (Å²) in [4.78, 5) is 27.1.